The maximum absolute atomic E-state index is 13.7. The van der Waals surface area contributed by atoms with Crippen molar-refractivity contribution in [3.8, 4) is 0 Å². The Morgan fingerprint density at radius 2 is 2.00 bits per heavy atom. The number of benzene rings is 1. The molecule has 4 heteroatoms. The molecule has 0 aliphatic heterocycles. The highest BCUT2D eigenvalue weighted by Gasteiger charge is 2.21. The van der Waals surface area contributed by atoms with Crippen LogP contribution in [0.4, 0.5) is 4.39 Å². The summed E-state index contributed by atoms with van der Waals surface area (Å²) < 4.78 is 14.2. The first-order valence-corrected chi connectivity index (χ1v) is 6.06. The van der Waals surface area contributed by atoms with Gasteiger partial charge in [0.1, 0.15) is 0 Å². The van der Waals surface area contributed by atoms with E-state index in [2.05, 4.69) is 15.9 Å². The lowest BCUT2D eigenvalue weighted by atomic mass is 9.88. The molecule has 0 atom stereocenters. The molecule has 1 aromatic carbocycles. The second-order valence-electron chi connectivity index (χ2n) is 4.88. The van der Waals surface area contributed by atoms with Crippen LogP contribution in [0.15, 0.2) is 16.6 Å². The maximum Gasteiger partial charge on any atom is 0.166 e. The van der Waals surface area contributed by atoms with Crippen LogP contribution >= 0.6 is 27.5 Å². The van der Waals surface area contributed by atoms with Crippen LogP contribution in [0.1, 0.15) is 37.6 Å². The minimum atomic E-state index is -0.648. The molecule has 0 bridgehead atoms. The third-order valence-corrected chi connectivity index (χ3v) is 3.29. The van der Waals surface area contributed by atoms with Gasteiger partial charge in [0.25, 0.3) is 0 Å². The van der Waals surface area contributed by atoms with Crippen LogP contribution in [0, 0.1) is 11.2 Å². The summed E-state index contributed by atoms with van der Waals surface area (Å²) in [5.74, 6) is -0.871. The molecule has 0 saturated heterocycles. The van der Waals surface area contributed by atoms with Gasteiger partial charge in [-0.1, -0.05) is 32.4 Å². The zero-order valence-corrected chi connectivity index (χ0v) is 11.7. The highest BCUT2D eigenvalue weighted by Crippen LogP contribution is 2.30. The highest BCUT2D eigenvalue weighted by molar-refractivity contribution is 9.10. The van der Waals surface area contributed by atoms with Gasteiger partial charge >= 0.3 is 0 Å². The van der Waals surface area contributed by atoms with Crippen LogP contribution in [0.25, 0.3) is 0 Å². The van der Waals surface area contributed by atoms with E-state index < -0.39 is 5.82 Å². The van der Waals surface area contributed by atoms with Crippen LogP contribution in [0.2, 0.25) is 5.02 Å². The fourth-order valence-corrected chi connectivity index (χ4v) is 1.79. The molecule has 0 aromatic heterocycles. The van der Waals surface area contributed by atoms with Crippen LogP contribution in [-0.4, -0.2) is 5.78 Å². The quantitative estimate of drug-likeness (QED) is 0.563. The van der Waals surface area contributed by atoms with Crippen molar-refractivity contribution in [1.29, 1.82) is 0 Å². The summed E-state index contributed by atoms with van der Waals surface area (Å²) in [6.45, 7) is 5.80. The zero-order valence-electron chi connectivity index (χ0n) is 9.40. The Morgan fingerprint density at radius 3 is 2.50 bits per heavy atom. The standard InChI is InChI=1S/C12H13BrClFO/c1-12(2,3)6-9(16)7-4-5-8(13)10(14)11(7)15/h4-5H,6H2,1-3H3. The minimum Gasteiger partial charge on any atom is -0.294 e. The average molecular weight is 308 g/mol. The lowest BCUT2D eigenvalue weighted by molar-refractivity contribution is 0.0936. The summed E-state index contributed by atoms with van der Waals surface area (Å²) in [7, 11) is 0. The van der Waals surface area contributed by atoms with Crippen LogP contribution in [0.5, 0.6) is 0 Å². The molecule has 1 aromatic rings. The van der Waals surface area contributed by atoms with E-state index in [0.29, 0.717) is 10.9 Å². The Kier molecular flexibility index (Phi) is 4.13. The molecule has 0 radical (unpaired) electrons. The van der Waals surface area contributed by atoms with E-state index in [4.69, 9.17) is 11.6 Å². The number of carbonyl (C=O) groups excluding carboxylic acids is 1. The molecule has 16 heavy (non-hydrogen) atoms. The lowest BCUT2D eigenvalue weighted by Crippen LogP contribution is -2.14. The molecule has 0 heterocycles. The predicted octanol–water partition coefficient (Wildman–Crippen LogP) is 4.86. The van der Waals surface area contributed by atoms with Crippen molar-refractivity contribution in [2.24, 2.45) is 5.41 Å². The molecule has 0 unspecified atom stereocenters. The molecule has 0 spiro atoms. The van der Waals surface area contributed by atoms with Crippen molar-refractivity contribution in [3.63, 3.8) is 0 Å². The Morgan fingerprint density at radius 1 is 1.44 bits per heavy atom. The topological polar surface area (TPSA) is 17.1 Å². The predicted molar refractivity (Wildman–Crippen MR) is 67.5 cm³/mol. The third kappa shape index (κ3) is 3.29. The Labute approximate surface area is 108 Å². The van der Waals surface area contributed by atoms with E-state index >= 15 is 0 Å². The van der Waals surface area contributed by atoms with Crippen molar-refractivity contribution >= 4 is 33.3 Å². The normalized spacial score (nSPS) is 11.6. The molecule has 0 N–H and O–H groups in total. The van der Waals surface area contributed by atoms with E-state index in [1.54, 1.807) is 6.07 Å². The number of hydrogen-bond donors (Lipinski definition) is 0. The number of carbonyl (C=O) groups is 1. The van der Waals surface area contributed by atoms with E-state index in [1.807, 2.05) is 20.8 Å². The highest BCUT2D eigenvalue weighted by atomic mass is 79.9. The third-order valence-electron chi connectivity index (χ3n) is 2.03. The summed E-state index contributed by atoms with van der Waals surface area (Å²) in [5.41, 5.74) is -0.105. The van der Waals surface area contributed by atoms with E-state index in [0.717, 1.165) is 0 Å². The molecule has 0 fully saturated rings. The number of Topliss-reactive ketones (excluding diaryl/α,β-unsaturated/α-hetero) is 1. The molecule has 1 rings (SSSR count). The molecule has 0 saturated carbocycles. The molecular weight excluding hydrogens is 294 g/mol. The van der Waals surface area contributed by atoms with Crippen LogP contribution < -0.4 is 0 Å². The van der Waals surface area contributed by atoms with Gasteiger partial charge in [0.2, 0.25) is 0 Å². The van der Waals surface area contributed by atoms with E-state index in [9.17, 15) is 9.18 Å². The molecule has 0 aliphatic carbocycles. The summed E-state index contributed by atoms with van der Waals surface area (Å²) >= 11 is 8.83. The number of rotatable bonds is 2. The minimum absolute atomic E-state index is 0.0419. The number of ketones is 1. The van der Waals surface area contributed by atoms with Crippen molar-refractivity contribution in [2.75, 3.05) is 0 Å². The zero-order chi connectivity index (χ0) is 12.5. The average Bonchev–Trinajstić information content (AvgIpc) is 2.11. The van der Waals surface area contributed by atoms with Gasteiger partial charge < -0.3 is 0 Å². The van der Waals surface area contributed by atoms with Gasteiger partial charge in [0.05, 0.1) is 10.6 Å². The Balaban J connectivity index is 3.06. The second kappa shape index (κ2) is 4.84. The van der Waals surface area contributed by atoms with E-state index in [1.165, 1.54) is 6.07 Å². The Bertz CT molecular complexity index is 424. The SMILES string of the molecule is CC(C)(C)CC(=O)c1ccc(Br)c(Cl)c1F. The first-order chi connectivity index (χ1) is 7.22. The summed E-state index contributed by atoms with van der Waals surface area (Å²) in [6, 6.07) is 3.04. The molecule has 0 aliphatic rings. The first kappa shape index (κ1) is 13.7. The van der Waals surface area contributed by atoms with Gasteiger partial charge in [-0.05, 0) is 33.5 Å². The summed E-state index contributed by atoms with van der Waals surface area (Å²) in [4.78, 5) is 11.8. The fourth-order valence-electron chi connectivity index (χ4n) is 1.32. The molecule has 1 nitrogen and oxygen atoms in total. The largest absolute Gasteiger partial charge is 0.294 e. The molecule has 88 valence electrons. The maximum atomic E-state index is 13.7. The summed E-state index contributed by atoms with van der Waals surface area (Å²) in [5, 5.41) is -0.0419. The summed E-state index contributed by atoms with van der Waals surface area (Å²) in [6.07, 6.45) is 0.294. The first-order valence-electron chi connectivity index (χ1n) is 4.89. The lowest BCUT2D eigenvalue weighted by Gasteiger charge is -2.17. The molecule has 0 amide bonds. The van der Waals surface area contributed by atoms with Gasteiger partial charge in [0.15, 0.2) is 11.6 Å². The van der Waals surface area contributed by atoms with Gasteiger partial charge in [-0.3, -0.25) is 4.79 Å². The van der Waals surface area contributed by atoms with Gasteiger partial charge in [0, 0.05) is 10.9 Å². The van der Waals surface area contributed by atoms with Crippen molar-refractivity contribution in [3.05, 3.63) is 33.0 Å². The van der Waals surface area contributed by atoms with Crippen molar-refractivity contribution in [2.45, 2.75) is 27.2 Å². The monoisotopic (exact) mass is 306 g/mol. The van der Waals surface area contributed by atoms with E-state index in [-0.39, 0.29) is 21.8 Å². The molecular formula is C12H13BrClFO. The van der Waals surface area contributed by atoms with Gasteiger partial charge in [-0.2, -0.15) is 0 Å². The smallest absolute Gasteiger partial charge is 0.166 e. The number of hydrogen-bond acceptors (Lipinski definition) is 1. The van der Waals surface area contributed by atoms with Crippen LogP contribution in [0.3, 0.4) is 0 Å². The fraction of sp³-hybridized carbons (Fsp3) is 0.417. The Hall–Kier alpha value is -0.410. The second-order valence-corrected chi connectivity index (χ2v) is 6.12. The number of halogens is 3. The van der Waals surface area contributed by atoms with Gasteiger partial charge in [-0.15, -0.1) is 0 Å². The van der Waals surface area contributed by atoms with Crippen molar-refractivity contribution in [1.82, 2.24) is 0 Å². The van der Waals surface area contributed by atoms with Crippen LogP contribution in [-0.2, 0) is 0 Å². The van der Waals surface area contributed by atoms with Crippen molar-refractivity contribution < 1.29 is 9.18 Å². The van der Waals surface area contributed by atoms with Gasteiger partial charge in [-0.25, -0.2) is 4.39 Å².